The van der Waals surface area contributed by atoms with E-state index in [2.05, 4.69) is 10.6 Å². The SMILES string of the molecule is CC[C@H](C)[C@H](N)C(=O)NCC1CCC(C(=O)N[C@@H](C)C(=O)O)CC1. The zero-order valence-corrected chi connectivity index (χ0v) is 14.9. The molecule has 0 aromatic rings. The summed E-state index contributed by atoms with van der Waals surface area (Å²) in [6, 6.07) is -1.34. The number of nitrogens with two attached hydrogens (primary N) is 1. The van der Waals surface area contributed by atoms with Crippen LogP contribution < -0.4 is 16.4 Å². The summed E-state index contributed by atoms with van der Waals surface area (Å²) in [4.78, 5) is 34.8. The summed E-state index contributed by atoms with van der Waals surface area (Å²) in [5.41, 5.74) is 5.91. The number of nitrogens with one attached hydrogen (secondary N) is 2. The van der Waals surface area contributed by atoms with Gasteiger partial charge in [-0.3, -0.25) is 14.4 Å². The number of hydrogen-bond acceptors (Lipinski definition) is 4. The van der Waals surface area contributed by atoms with E-state index >= 15 is 0 Å². The van der Waals surface area contributed by atoms with Gasteiger partial charge in [-0.15, -0.1) is 0 Å². The van der Waals surface area contributed by atoms with Crippen molar-refractivity contribution in [2.45, 2.75) is 65.0 Å². The lowest BCUT2D eigenvalue weighted by Crippen LogP contribution is -2.46. The fraction of sp³-hybridized carbons (Fsp3) is 0.824. The first-order valence-electron chi connectivity index (χ1n) is 8.82. The zero-order valence-electron chi connectivity index (χ0n) is 14.9. The molecule has 7 heteroatoms. The maximum Gasteiger partial charge on any atom is 0.325 e. The van der Waals surface area contributed by atoms with Crippen molar-refractivity contribution in [3.63, 3.8) is 0 Å². The van der Waals surface area contributed by atoms with E-state index in [1.807, 2.05) is 13.8 Å². The molecule has 1 aliphatic rings. The summed E-state index contributed by atoms with van der Waals surface area (Å²) in [5, 5.41) is 14.3. The second-order valence-electron chi connectivity index (χ2n) is 6.94. The number of rotatable bonds is 8. The molecule has 0 heterocycles. The molecule has 7 nitrogen and oxygen atoms in total. The Morgan fingerprint density at radius 3 is 2.25 bits per heavy atom. The van der Waals surface area contributed by atoms with E-state index in [9.17, 15) is 14.4 Å². The standard InChI is InChI=1S/C17H31N3O4/c1-4-10(2)14(18)16(22)19-9-12-5-7-13(8-6-12)15(21)20-11(3)17(23)24/h10-14H,4-9,18H2,1-3H3,(H,19,22)(H,20,21)(H,23,24)/t10-,11-,12?,13?,14-/m0/s1. The molecule has 1 saturated carbocycles. The van der Waals surface area contributed by atoms with Gasteiger partial charge in [0.05, 0.1) is 6.04 Å². The second-order valence-corrected chi connectivity index (χ2v) is 6.94. The average Bonchev–Trinajstić information content (AvgIpc) is 2.58. The van der Waals surface area contributed by atoms with Gasteiger partial charge in [-0.25, -0.2) is 0 Å². The molecular weight excluding hydrogens is 310 g/mol. The summed E-state index contributed by atoms with van der Waals surface area (Å²) >= 11 is 0. The summed E-state index contributed by atoms with van der Waals surface area (Å²) in [7, 11) is 0. The van der Waals surface area contributed by atoms with E-state index in [0.29, 0.717) is 12.5 Å². The highest BCUT2D eigenvalue weighted by molar-refractivity contribution is 5.84. The molecule has 1 aliphatic carbocycles. The molecule has 0 spiro atoms. The Balaban J connectivity index is 2.32. The average molecular weight is 341 g/mol. The molecule has 0 unspecified atom stereocenters. The first-order chi connectivity index (χ1) is 11.3. The molecule has 0 bridgehead atoms. The molecule has 138 valence electrons. The Morgan fingerprint density at radius 1 is 1.17 bits per heavy atom. The van der Waals surface area contributed by atoms with Crippen LogP contribution in [0.5, 0.6) is 0 Å². The third kappa shape index (κ3) is 6.11. The lowest BCUT2D eigenvalue weighted by molar-refractivity contribution is -0.142. The van der Waals surface area contributed by atoms with Gasteiger partial charge < -0.3 is 21.5 Å². The van der Waals surface area contributed by atoms with Crippen molar-refractivity contribution in [1.29, 1.82) is 0 Å². The van der Waals surface area contributed by atoms with Gasteiger partial charge in [0.25, 0.3) is 0 Å². The third-order valence-corrected chi connectivity index (χ3v) is 5.07. The van der Waals surface area contributed by atoms with Crippen molar-refractivity contribution >= 4 is 17.8 Å². The van der Waals surface area contributed by atoms with Gasteiger partial charge in [0.15, 0.2) is 0 Å². The zero-order chi connectivity index (χ0) is 18.3. The van der Waals surface area contributed by atoms with E-state index in [4.69, 9.17) is 10.8 Å². The van der Waals surface area contributed by atoms with Crippen LogP contribution in [0.15, 0.2) is 0 Å². The van der Waals surface area contributed by atoms with Crippen LogP contribution in [0.25, 0.3) is 0 Å². The number of aliphatic carboxylic acids is 1. The van der Waals surface area contributed by atoms with E-state index in [1.165, 1.54) is 6.92 Å². The van der Waals surface area contributed by atoms with E-state index < -0.39 is 18.1 Å². The highest BCUT2D eigenvalue weighted by Gasteiger charge is 2.28. The van der Waals surface area contributed by atoms with Crippen molar-refractivity contribution in [3.8, 4) is 0 Å². The van der Waals surface area contributed by atoms with Crippen LogP contribution >= 0.6 is 0 Å². The first-order valence-corrected chi connectivity index (χ1v) is 8.82. The van der Waals surface area contributed by atoms with Crippen molar-refractivity contribution in [2.75, 3.05) is 6.54 Å². The maximum absolute atomic E-state index is 12.0. The number of carboxylic acids is 1. The molecule has 0 radical (unpaired) electrons. The minimum atomic E-state index is -1.03. The quantitative estimate of drug-likeness (QED) is 0.522. The summed E-state index contributed by atoms with van der Waals surface area (Å²) in [6.07, 6.45) is 3.99. The van der Waals surface area contributed by atoms with Crippen LogP contribution in [0.1, 0.15) is 52.9 Å². The number of carbonyl (C=O) groups is 3. The van der Waals surface area contributed by atoms with Gasteiger partial charge in [0.2, 0.25) is 11.8 Å². The van der Waals surface area contributed by atoms with Crippen LogP contribution in [-0.4, -0.2) is 41.5 Å². The highest BCUT2D eigenvalue weighted by atomic mass is 16.4. The van der Waals surface area contributed by atoms with Crippen molar-refractivity contribution in [3.05, 3.63) is 0 Å². The molecule has 0 aliphatic heterocycles. The van der Waals surface area contributed by atoms with E-state index in [-0.39, 0.29) is 23.7 Å². The predicted molar refractivity (Wildman–Crippen MR) is 91.1 cm³/mol. The minimum absolute atomic E-state index is 0.112. The van der Waals surface area contributed by atoms with Crippen LogP contribution in [0.2, 0.25) is 0 Å². The van der Waals surface area contributed by atoms with Crippen LogP contribution in [0.4, 0.5) is 0 Å². The summed E-state index contributed by atoms with van der Waals surface area (Å²) < 4.78 is 0. The number of carbonyl (C=O) groups excluding carboxylic acids is 2. The first kappa shape index (κ1) is 20.4. The lowest BCUT2D eigenvalue weighted by atomic mass is 9.81. The monoisotopic (exact) mass is 341 g/mol. The molecule has 24 heavy (non-hydrogen) atoms. The van der Waals surface area contributed by atoms with Gasteiger partial charge >= 0.3 is 5.97 Å². The highest BCUT2D eigenvalue weighted by Crippen LogP contribution is 2.28. The Hall–Kier alpha value is -1.63. The maximum atomic E-state index is 12.0. The van der Waals surface area contributed by atoms with Crippen molar-refractivity contribution < 1.29 is 19.5 Å². The van der Waals surface area contributed by atoms with Crippen molar-refractivity contribution in [1.82, 2.24) is 10.6 Å². The smallest absolute Gasteiger partial charge is 0.325 e. The van der Waals surface area contributed by atoms with E-state index in [1.54, 1.807) is 0 Å². The third-order valence-electron chi connectivity index (χ3n) is 5.07. The van der Waals surface area contributed by atoms with Gasteiger partial charge in [0.1, 0.15) is 6.04 Å². The Labute approximate surface area is 143 Å². The minimum Gasteiger partial charge on any atom is -0.480 e. The number of amides is 2. The molecule has 2 amide bonds. The molecule has 0 aromatic heterocycles. The number of carboxylic acid groups (broad SMARTS) is 1. The molecule has 1 fully saturated rings. The fourth-order valence-electron chi connectivity index (χ4n) is 2.90. The Bertz CT molecular complexity index is 447. The molecule has 0 aromatic carbocycles. The van der Waals surface area contributed by atoms with Crippen LogP contribution in [0, 0.1) is 17.8 Å². The summed E-state index contributed by atoms with van der Waals surface area (Å²) in [5.74, 6) is -0.969. The van der Waals surface area contributed by atoms with Gasteiger partial charge in [-0.2, -0.15) is 0 Å². The Kier molecular flexibility index (Phi) is 8.18. The van der Waals surface area contributed by atoms with Gasteiger partial charge in [0, 0.05) is 12.5 Å². The normalized spacial score (nSPS) is 24.5. The Morgan fingerprint density at radius 2 is 1.75 bits per heavy atom. The largest absolute Gasteiger partial charge is 0.480 e. The van der Waals surface area contributed by atoms with Crippen LogP contribution in [-0.2, 0) is 14.4 Å². The predicted octanol–water partition coefficient (Wildman–Crippen LogP) is 0.872. The van der Waals surface area contributed by atoms with Gasteiger partial charge in [-0.1, -0.05) is 20.3 Å². The van der Waals surface area contributed by atoms with Crippen molar-refractivity contribution in [2.24, 2.45) is 23.5 Å². The lowest BCUT2D eigenvalue weighted by Gasteiger charge is -2.29. The van der Waals surface area contributed by atoms with Gasteiger partial charge in [-0.05, 0) is 44.4 Å². The molecule has 5 N–H and O–H groups in total. The molecule has 0 saturated heterocycles. The summed E-state index contributed by atoms with van der Waals surface area (Å²) in [6.45, 7) is 6.02. The van der Waals surface area contributed by atoms with E-state index in [0.717, 1.165) is 32.1 Å². The number of hydrogen-bond donors (Lipinski definition) is 4. The topological polar surface area (TPSA) is 122 Å². The second kappa shape index (κ2) is 9.61. The molecule has 3 atom stereocenters. The fourth-order valence-corrected chi connectivity index (χ4v) is 2.90. The molecule has 1 rings (SSSR count). The molecular formula is C17H31N3O4. The van der Waals surface area contributed by atoms with Crippen LogP contribution in [0.3, 0.4) is 0 Å².